The van der Waals surface area contributed by atoms with E-state index < -0.39 is 0 Å². The largest absolute Gasteiger partial charge is 0.352 e. The molecule has 0 radical (unpaired) electrons. The molecule has 2 fully saturated rings. The van der Waals surface area contributed by atoms with Crippen molar-refractivity contribution in [3.63, 3.8) is 0 Å². The van der Waals surface area contributed by atoms with Gasteiger partial charge in [-0.1, -0.05) is 0 Å². The van der Waals surface area contributed by atoms with E-state index in [-0.39, 0.29) is 11.9 Å². The van der Waals surface area contributed by atoms with Crippen LogP contribution in [0.4, 0.5) is 0 Å². The Hall–Kier alpha value is -0.610. The Morgan fingerprint density at radius 2 is 2.12 bits per heavy atom. The van der Waals surface area contributed by atoms with Gasteiger partial charge in [-0.15, -0.1) is 0 Å². The minimum Gasteiger partial charge on any atom is -0.352 e. The summed E-state index contributed by atoms with van der Waals surface area (Å²) in [6, 6.07) is 1.10. The number of hydrogen-bond acceptors (Lipinski definition) is 3. The monoisotopic (exact) mass is 225 g/mol. The van der Waals surface area contributed by atoms with Crippen LogP contribution in [0.5, 0.6) is 0 Å². The highest BCUT2D eigenvalue weighted by molar-refractivity contribution is 5.82. The normalized spacial score (nSPS) is 34.6. The standard InChI is InChI=1S/C12H23N3O/c1-15(2)10-6-5-9(8-10)14-12(16)11-4-3-7-13-11/h9-11,13H,3-8H2,1-2H3,(H,14,16)/t9-,10+,11+/m0/s1. The van der Waals surface area contributed by atoms with Crippen molar-refractivity contribution in [2.75, 3.05) is 20.6 Å². The molecule has 92 valence electrons. The van der Waals surface area contributed by atoms with E-state index in [0.717, 1.165) is 32.2 Å². The lowest BCUT2D eigenvalue weighted by Crippen LogP contribution is -2.44. The zero-order valence-electron chi connectivity index (χ0n) is 10.3. The molecule has 4 heteroatoms. The third-order valence-electron chi connectivity index (χ3n) is 3.86. The summed E-state index contributed by atoms with van der Waals surface area (Å²) in [7, 11) is 4.24. The van der Waals surface area contributed by atoms with E-state index in [1.165, 1.54) is 6.42 Å². The Balaban J connectivity index is 1.76. The molecule has 0 aromatic rings. The van der Waals surface area contributed by atoms with Gasteiger partial charge in [0.15, 0.2) is 0 Å². The van der Waals surface area contributed by atoms with E-state index in [2.05, 4.69) is 29.6 Å². The van der Waals surface area contributed by atoms with Crippen molar-refractivity contribution in [1.29, 1.82) is 0 Å². The highest BCUT2D eigenvalue weighted by Gasteiger charge is 2.29. The molecule has 0 spiro atoms. The molecular weight excluding hydrogens is 202 g/mol. The minimum atomic E-state index is 0.0680. The van der Waals surface area contributed by atoms with E-state index in [4.69, 9.17) is 0 Å². The van der Waals surface area contributed by atoms with Crippen molar-refractivity contribution >= 4 is 5.91 Å². The van der Waals surface area contributed by atoms with Crippen LogP contribution in [0.3, 0.4) is 0 Å². The third-order valence-corrected chi connectivity index (χ3v) is 3.86. The van der Waals surface area contributed by atoms with Crippen LogP contribution >= 0.6 is 0 Å². The SMILES string of the molecule is CN(C)[C@@H]1CC[C@H](NC(=O)[C@H]2CCCN2)C1. The highest BCUT2D eigenvalue weighted by atomic mass is 16.2. The second kappa shape index (κ2) is 5.15. The fourth-order valence-corrected chi connectivity index (χ4v) is 2.77. The van der Waals surface area contributed by atoms with Crippen LogP contribution < -0.4 is 10.6 Å². The van der Waals surface area contributed by atoms with E-state index in [0.29, 0.717) is 12.1 Å². The average Bonchev–Trinajstić information content (AvgIpc) is 2.87. The molecule has 4 nitrogen and oxygen atoms in total. The predicted molar refractivity (Wildman–Crippen MR) is 64.3 cm³/mol. The van der Waals surface area contributed by atoms with Gasteiger partial charge in [-0.2, -0.15) is 0 Å². The van der Waals surface area contributed by atoms with Gasteiger partial charge in [-0.3, -0.25) is 4.79 Å². The van der Waals surface area contributed by atoms with Crippen LogP contribution in [0.2, 0.25) is 0 Å². The van der Waals surface area contributed by atoms with Crippen LogP contribution in [0.1, 0.15) is 32.1 Å². The van der Waals surface area contributed by atoms with Crippen molar-refractivity contribution in [3.05, 3.63) is 0 Å². The highest BCUT2D eigenvalue weighted by Crippen LogP contribution is 2.22. The number of nitrogens with zero attached hydrogens (tertiary/aromatic N) is 1. The maximum absolute atomic E-state index is 11.9. The topological polar surface area (TPSA) is 44.4 Å². The van der Waals surface area contributed by atoms with Gasteiger partial charge in [0.25, 0.3) is 0 Å². The number of hydrogen-bond donors (Lipinski definition) is 2. The van der Waals surface area contributed by atoms with Crippen molar-refractivity contribution in [1.82, 2.24) is 15.5 Å². The Morgan fingerprint density at radius 1 is 1.31 bits per heavy atom. The molecule has 2 rings (SSSR count). The summed E-state index contributed by atoms with van der Waals surface area (Å²) in [5.41, 5.74) is 0. The molecule has 1 aliphatic carbocycles. The van der Waals surface area contributed by atoms with Gasteiger partial charge in [0.05, 0.1) is 6.04 Å². The molecule has 16 heavy (non-hydrogen) atoms. The van der Waals surface area contributed by atoms with E-state index in [1.54, 1.807) is 0 Å². The first-order chi connectivity index (χ1) is 7.66. The Kier molecular flexibility index (Phi) is 3.82. The fourth-order valence-electron chi connectivity index (χ4n) is 2.77. The molecule has 0 unspecified atom stereocenters. The lowest BCUT2D eigenvalue weighted by Gasteiger charge is -2.20. The first-order valence-electron chi connectivity index (χ1n) is 6.37. The summed E-state index contributed by atoms with van der Waals surface area (Å²) < 4.78 is 0. The second-order valence-corrected chi connectivity index (χ2v) is 5.28. The maximum atomic E-state index is 11.9. The van der Waals surface area contributed by atoms with Crippen molar-refractivity contribution in [2.24, 2.45) is 0 Å². The van der Waals surface area contributed by atoms with Gasteiger partial charge in [-0.05, 0) is 52.7 Å². The predicted octanol–water partition coefficient (Wildman–Crippen LogP) is 0.337. The number of nitrogens with one attached hydrogen (secondary N) is 2. The Bertz CT molecular complexity index is 249. The summed E-state index contributed by atoms with van der Waals surface area (Å²) in [5, 5.41) is 6.42. The van der Waals surface area contributed by atoms with Gasteiger partial charge >= 0.3 is 0 Å². The molecule has 1 aliphatic heterocycles. The smallest absolute Gasteiger partial charge is 0.237 e. The number of carbonyl (C=O) groups is 1. The second-order valence-electron chi connectivity index (χ2n) is 5.28. The summed E-state index contributed by atoms with van der Waals surface area (Å²) in [4.78, 5) is 14.2. The zero-order chi connectivity index (χ0) is 11.5. The van der Waals surface area contributed by atoms with Crippen molar-refractivity contribution in [2.45, 2.75) is 50.2 Å². The minimum absolute atomic E-state index is 0.0680. The van der Waals surface area contributed by atoms with Crippen LogP contribution in [-0.4, -0.2) is 49.6 Å². The number of amides is 1. The van der Waals surface area contributed by atoms with Gasteiger partial charge in [-0.25, -0.2) is 0 Å². The van der Waals surface area contributed by atoms with Gasteiger partial charge in [0.2, 0.25) is 5.91 Å². The van der Waals surface area contributed by atoms with Gasteiger partial charge in [0.1, 0.15) is 0 Å². The van der Waals surface area contributed by atoms with E-state index in [9.17, 15) is 4.79 Å². The summed E-state index contributed by atoms with van der Waals surface area (Å²) in [6.45, 7) is 0.989. The molecule has 0 aromatic heterocycles. The molecule has 1 saturated carbocycles. The maximum Gasteiger partial charge on any atom is 0.237 e. The lowest BCUT2D eigenvalue weighted by molar-refractivity contribution is -0.123. The quantitative estimate of drug-likeness (QED) is 0.728. The Morgan fingerprint density at radius 3 is 2.69 bits per heavy atom. The van der Waals surface area contributed by atoms with Crippen LogP contribution in [0.25, 0.3) is 0 Å². The molecule has 2 N–H and O–H groups in total. The summed E-state index contributed by atoms with van der Waals surface area (Å²) >= 11 is 0. The molecule has 1 amide bonds. The zero-order valence-corrected chi connectivity index (χ0v) is 10.3. The lowest BCUT2D eigenvalue weighted by atomic mass is 10.2. The average molecular weight is 225 g/mol. The Labute approximate surface area is 97.8 Å². The molecule has 1 saturated heterocycles. The molecule has 2 aliphatic rings. The molecular formula is C12H23N3O. The van der Waals surface area contributed by atoms with Crippen molar-refractivity contribution < 1.29 is 4.79 Å². The van der Waals surface area contributed by atoms with Crippen LogP contribution in [-0.2, 0) is 4.79 Å². The number of carbonyl (C=O) groups excluding carboxylic acids is 1. The first-order valence-corrected chi connectivity index (χ1v) is 6.37. The molecule has 0 bridgehead atoms. The van der Waals surface area contributed by atoms with Gasteiger partial charge < -0.3 is 15.5 Å². The number of rotatable bonds is 3. The van der Waals surface area contributed by atoms with Crippen LogP contribution in [0.15, 0.2) is 0 Å². The summed E-state index contributed by atoms with van der Waals surface area (Å²) in [5.74, 6) is 0.210. The van der Waals surface area contributed by atoms with Crippen LogP contribution in [0, 0.1) is 0 Å². The molecule has 1 heterocycles. The first kappa shape index (κ1) is 11.9. The van der Waals surface area contributed by atoms with E-state index in [1.807, 2.05) is 0 Å². The third kappa shape index (κ3) is 2.74. The summed E-state index contributed by atoms with van der Waals surface area (Å²) in [6.07, 6.45) is 5.56. The molecule has 3 atom stereocenters. The van der Waals surface area contributed by atoms with Gasteiger partial charge in [0, 0.05) is 12.1 Å². The molecule has 0 aromatic carbocycles. The van der Waals surface area contributed by atoms with E-state index >= 15 is 0 Å². The fraction of sp³-hybridized carbons (Fsp3) is 0.917. The van der Waals surface area contributed by atoms with Crippen molar-refractivity contribution in [3.8, 4) is 0 Å².